The number of carbonyl (C=O) groups is 5. The Morgan fingerprint density at radius 3 is 2.25 bits per heavy atom. The number of benzene rings is 2. The Labute approximate surface area is 225 Å². The van der Waals surface area contributed by atoms with Gasteiger partial charge in [-0.3, -0.25) is 28.9 Å². The second kappa shape index (κ2) is 9.22. The number of fused-ring (bicyclic) bond motifs is 3. The van der Waals surface area contributed by atoms with Crippen molar-refractivity contribution in [2.45, 2.75) is 17.7 Å². The number of aliphatic hydroxyl groups excluding tert-OH is 1. The Hall–Kier alpha value is -4.13. The first-order valence-corrected chi connectivity index (χ1v) is 12.2. The summed E-state index contributed by atoms with van der Waals surface area (Å²) in [4.78, 5) is 67.8. The van der Waals surface area contributed by atoms with E-state index >= 15 is 0 Å². The van der Waals surface area contributed by atoms with E-state index in [1.54, 1.807) is 0 Å². The lowest BCUT2D eigenvalue weighted by Crippen LogP contribution is -2.77. The van der Waals surface area contributed by atoms with Crippen LogP contribution >= 0.6 is 0 Å². The number of aromatic hydroxyl groups is 1. The van der Waals surface area contributed by atoms with Crippen molar-refractivity contribution in [1.29, 1.82) is 0 Å². The number of carbonyl (C=O) groups excluding carboxylic acids is 5. The molecule has 208 valence electrons. The molecule has 5 rings (SSSR count). The van der Waals surface area contributed by atoms with Crippen LogP contribution in [-0.2, 0) is 19.2 Å². The highest BCUT2D eigenvalue weighted by atomic mass is 19.1. The fraction of sp³-hybridized carbons (Fsp3) is 0.321. The quantitative estimate of drug-likeness (QED) is 0.384. The number of aliphatic hydroxyl groups is 2. The maximum absolute atomic E-state index is 14.1. The van der Waals surface area contributed by atoms with Crippen molar-refractivity contribution in [3.05, 3.63) is 64.7 Å². The maximum Gasteiger partial charge on any atom is 0.235 e. The topological polar surface area (TPSA) is 175 Å². The number of hydrogen-bond donors (Lipinski definition) is 4. The molecule has 0 aromatic heterocycles. The fourth-order valence-electron chi connectivity index (χ4n) is 6.51. The molecule has 0 spiro atoms. The van der Waals surface area contributed by atoms with Crippen molar-refractivity contribution in [3.63, 3.8) is 0 Å². The number of hydrogen-bond acceptors (Lipinski definition) is 9. The summed E-state index contributed by atoms with van der Waals surface area (Å²) in [7, 11) is 2.73. The van der Waals surface area contributed by atoms with Crippen molar-refractivity contribution in [3.8, 4) is 5.75 Å². The monoisotopic (exact) mass is 554 g/mol. The lowest BCUT2D eigenvalue weighted by atomic mass is 9.50. The average molecular weight is 555 g/mol. The molecule has 3 aliphatic carbocycles. The molecule has 0 radical (unpaired) electrons. The number of nitrogens with two attached hydrogens (primary N) is 1. The minimum Gasteiger partial charge on any atom is -0.507 e. The van der Waals surface area contributed by atoms with E-state index in [2.05, 4.69) is 0 Å². The number of phenols is 1. The SMILES string of the molecule is CN(C)[C@H]1C(=O)C(C(N)=O)C(=O)[C@]2(O)C(=O)C3C(=O)c4c(O)cccc4C(=Cc4cc(F)cc(F)c4)[C@@H]3[C@@H](O)[C@H]12. The van der Waals surface area contributed by atoms with E-state index in [4.69, 9.17) is 5.73 Å². The van der Waals surface area contributed by atoms with Gasteiger partial charge in [0.05, 0.1) is 29.5 Å². The summed E-state index contributed by atoms with van der Waals surface area (Å²) in [5, 5.41) is 34.0. The summed E-state index contributed by atoms with van der Waals surface area (Å²) in [6.07, 6.45) is -0.718. The molecule has 2 unspecified atom stereocenters. The van der Waals surface area contributed by atoms with E-state index in [-0.39, 0.29) is 22.3 Å². The number of nitrogens with zero attached hydrogens (tertiary/aromatic N) is 1. The molecule has 7 atom stereocenters. The minimum absolute atomic E-state index is 0.00201. The molecule has 0 bridgehead atoms. The Balaban J connectivity index is 1.81. The number of ketones is 4. The first kappa shape index (κ1) is 27.4. The van der Waals surface area contributed by atoms with Gasteiger partial charge < -0.3 is 21.1 Å². The Kier molecular flexibility index (Phi) is 6.32. The average Bonchev–Trinajstić information content (AvgIpc) is 2.84. The summed E-state index contributed by atoms with van der Waals surface area (Å²) >= 11 is 0. The first-order valence-electron chi connectivity index (χ1n) is 12.2. The first-order chi connectivity index (χ1) is 18.7. The Bertz CT molecular complexity index is 1530. The highest BCUT2D eigenvalue weighted by Crippen LogP contribution is 2.54. The lowest BCUT2D eigenvalue weighted by molar-refractivity contribution is -0.192. The molecule has 12 heteroatoms. The molecule has 3 aliphatic rings. The summed E-state index contributed by atoms with van der Waals surface area (Å²) in [6.45, 7) is 0. The van der Waals surface area contributed by atoms with Gasteiger partial charge in [0.15, 0.2) is 34.7 Å². The van der Waals surface area contributed by atoms with E-state index in [1.165, 1.54) is 37.2 Å². The number of Topliss-reactive ketones (excluding diaryl/α,β-unsaturated/α-hetero) is 4. The number of likely N-dealkylation sites (N-methyl/N-ethyl adjacent to an activating group) is 1. The fourth-order valence-corrected chi connectivity index (χ4v) is 6.51. The van der Waals surface area contributed by atoms with Gasteiger partial charge in [-0.25, -0.2) is 8.78 Å². The Morgan fingerprint density at radius 1 is 1.05 bits per heavy atom. The second-order valence-corrected chi connectivity index (χ2v) is 10.5. The van der Waals surface area contributed by atoms with Crippen LogP contribution in [0.4, 0.5) is 8.78 Å². The zero-order valence-electron chi connectivity index (χ0n) is 21.2. The molecule has 0 aliphatic heterocycles. The highest BCUT2D eigenvalue weighted by molar-refractivity contribution is 6.33. The van der Waals surface area contributed by atoms with Crippen LogP contribution in [0.25, 0.3) is 11.6 Å². The molecule has 5 N–H and O–H groups in total. The van der Waals surface area contributed by atoms with Crippen LogP contribution in [-0.4, -0.2) is 81.1 Å². The van der Waals surface area contributed by atoms with Gasteiger partial charge in [0.25, 0.3) is 0 Å². The van der Waals surface area contributed by atoms with Gasteiger partial charge in [0.1, 0.15) is 17.4 Å². The summed E-state index contributed by atoms with van der Waals surface area (Å²) in [6, 6.07) is 4.93. The van der Waals surface area contributed by atoms with Crippen molar-refractivity contribution in [2.75, 3.05) is 14.1 Å². The third-order valence-corrected chi connectivity index (χ3v) is 8.08. The van der Waals surface area contributed by atoms with Crippen molar-refractivity contribution < 1.29 is 48.1 Å². The lowest BCUT2D eigenvalue weighted by Gasteiger charge is -2.55. The summed E-state index contributed by atoms with van der Waals surface area (Å²) in [5.74, 6) is -16.4. The molecule has 40 heavy (non-hydrogen) atoms. The van der Waals surface area contributed by atoms with E-state index in [1.807, 2.05) is 0 Å². The number of rotatable bonds is 3. The number of halogens is 2. The normalized spacial score (nSPS) is 32.6. The van der Waals surface area contributed by atoms with Crippen molar-refractivity contribution in [2.24, 2.45) is 29.4 Å². The second-order valence-electron chi connectivity index (χ2n) is 10.5. The van der Waals surface area contributed by atoms with Crippen LogP contribution in [0.3, 0.4) is 0 Å². The van der Waals surface area contributed by atoms with Gasteiger partial charge in [0, 0.05) is 12.0 Å². The molecule has 2 saturated carbocycles. The van der Waals surface area contributed by atoms with Crippen LogP contribution in [0.2, 0.25) is 0 Å². The predicted octanol–water partition coefficient (Wildman–Crippen LogP) is 0.114. The van der Waals surface area contributed by atoms with Crippen LogP contribution in [0.1, 0.15) is 21.5 Å². The number of amides is 1. The van der Waals surface area contributed by atoms with Crippen LogP contribution in [0.15, 0.2) is 36.4 Å². The van der Waals surface area contributed by atoms with E-state index in [9.17, 15) is 48.1 Å². The molecule has 1 amide bonds. The maximum atomic E-state index is 14.1. The van der Waals surface area contributed by atoms with Crippen LogP contribution in [0.5, 0.6) is 5.75 Å². The predicted molar refractivity (Wildman–Crippen MR) is 133 cm³/mol. The van der Waals surface area contributed by atoms with Gasteiger partial charge in [-0.2, -0.15) is 0 Å². The van der Waals surface area contributed by atoms with Crippen LogP contribution < -0.4 is 5.73 Å². The van der Waals surface area contributed by atoms with Gasteiger partial charge >= 0.3 is 0 Å². The smallest absolute Gasteiger partial charge is 0.235 e. The van der Waals surface area contributed by atoms with E-state index in [0.29, 0.717) is 6.07 Å². The zero-order valence-corrected chi connectivity index (χ0v) is 21.2. The minimum atomic E-state index is -3.17. The van der Waals surface area contributed by atoms with E-state index in [0.717, 1.165) is 18.2 Å². The molecule has 2 fully saturated rings. The third-order valence-electron chi connectivity index (χ3n) is 8.08. The van der Waals surface area contributed by atoms with Crippen molar-refractivity contribution in [1.82, 2.24) is 4.90 Å². The molecule has 0 heterocycles. The molecule has 2 aromatic carbocycles. The van der Waals surface area contributed by atoms with Gasteiger partial charge in [0.2, 0.25) is 5.91 Å². The molecule has 0 saturated heterocycles. The van der Waals surface area contributed by atoms with Gasteiger partial charge in [-0.1, -0.05) is 18.2 Å². The summed E-state index contributed by atoms with van der Waals surface area (Å²) < 4.78 is 28.1. The Morgan fingerprint density at radius 2 is 1.68 bits per heavy atom. The molecule has 10 nitrogen and oxygen atoms in total. The molecule has 2 aromatic rings. The van der Waals surface area contributed by atoms with Gasteiger partial charge in [-0.05, 0) is 49.0 Å². The third kappa shape index (κ3) is 3.67. The number of primary amides is 1. The van der Waals surface area contributed by atoms with Crippen LogP contribution in [0, 0.1) is 35.3 Å². The summed E-state index contributed by atoms with van der Waals surface area (Å²) in [5.41, 5.74) is 1.74. The number of phenolic OH excluding ortho intramolecular Hbond substituents is 1. The highest BCUT2D eigenvalue weighted by Gasteiger charge is 2.72. The van der Waals surface area contributed by atoms with E-state index < -0.39 is 87.8 Å². The van der Waals surface area contributed by atoms with Gasteiger partial charge in [-0.15, -0.1) is 0 Å². The zero-order chi connectivity index (χ0) is 29.4. The molecular formula is C28H24F2N2O8. The van der Waals surface area contributed by atoms with Crippen molar-refractivity contribution >= 4 is 40.7 Å². The molecular weight excluding hydrogens is 530 g/mol. The standard InChI is InChI=1S/C28H24F2N2O8/c1-32(2)21-20-23(35)17-14(8-10-6-11(29)9-12(30)7-10)13-4-3-5-15(33)16(13)22(34)18(17)25(37)28(20,40)26(38)19(24(21)36)27(31)39/h3-9,17-21,23,33,35,40H,1-2H3,(H2,31,39)/t17-,18?,19?,20-,21+,23+,28+/m0/s1. The largest absolute Gasteiger partial charge is 0.507 e.